The van der Waals surface area contributed by atoms with E-state index in [-0.39, 0.29) is 5.57 Å². The van der Waals surface area contributed by atoms with E-state index < -0.39 is 5.91 Å². The predicted molar refractivity (Wildman–Crippen MR) is 118 cm³/mol. The molecule has 0 saturated carbocycles. The van der Waals surface area contributed by atoms with Gasteiger partial charge < -0.3 is 5.32 Å². The Labute approximate surface area is 173 Å². The third-order valence-corrected chi connectivity index (χ3v) is 5.26. The summed E-state index contributed by atoms with van der Waals surface area (Å²) in [7, 11) is 0. The fourth-order valence-electron chi connectivity index (χ4n) is 3.43. The second kappa shape index (κ2) is 8.18. The standard InChI is InChI=1S/C25H17ClN2O/c26-24-21-12-6-4-10-19(21)23(20-11-5-7-13-22(20)24)14-18(15-27)25(29)28-16-17-8-2-1-3-9-17/h1-14H,16H2,(H,28,29)/b18-14-. The minimum absolute atomic E-state index is 0.0542. The van der Waals surface area contributed by atoms with Crippen LogP contribution in [0, 0.1) is 11.3 Å². The average Bonchev–Trinajstić information content (AvgIpc) is 2.78. The van der Waals surface area contributed by atoms with Crippen LogP contribution in [0.5, 0.6) is 0 Å². The van der Waals surface area contributed by atoms with Crippen LogP contribution in [0.3, 0.4) is 0 Å². The summed E-state index contributed by atoms with van der Waals surface area (Å²) in [6.07, 6.45) is 1.65. The Bertz CT molecular complexity index is 1230. The number of carbonyl (C=O) groups excluding carboxylic acids is 1. The van der Waals surface area contributed by atoms with Gasteiger partial charge in [0.15, 0.2) is 0 Å². The van der Waals surface area contributed by atoms with Gasteiger partial charge in [-0.15, -0.1) is 0 Å². The molecular weight excluding hydrogens is 380 g/mol. The molecule has 0 unspecified atom stereocenters. The van der Waals surface area contributed by atoms with E-state index in [0.717, 1.165) is 32.7 Å². The predicted octanol–water partition coefficient (Wildman–Crippen LogP) is 5.87. The first-order valence-corrected chi connectivity index (χ1v) is 9.59. The zero-order valence-electron chi connectivity index (χ0n) is 15.5. The van der Waals surface area contributed by atoms with Gasteiger partial charge in [0.25, 0.3) is 5.91 Å². The van der Waals surface area contributed by atoms with E-state index >= 15 is 0 Å². The molecule has 0 atom stereocenters. The zero-order valence-corrected chi connectivity index (χ0v) is 16.3. The quantitative estimate of drug-likeness (QED) is 0.266. The molecule has 140 valence electrons. The lowest BCUT2D eigenvalue weighted by Crippen LogP contribution is -2.23. The number of benzene rings is 4. The smallest absolute Gasteiger partial charge is 0.262 e. The van der Waals surface area contributed by atoms with Crippen molar-refractivity contribution < 1.29 is 4.79 Å². The van der Waals surface area contributed by atoms with Crippen LogP contribution in [0.2, 0.25) is 5.02 Å². The molecule has 1 N–H and O–H groups in total. The molecule has 3 nitrogen and oxygen atoms in total. The van der Waals surface area contributed by atoms with Gasteiger partial charge in [-0.2, -0.15) is 5.26 Å². The number of nitriles is 1. The van der Waals surface area contributed by atoms with E-state index in [4.69, 9.17) is 11.6 Å². The molecular formula is C25H17ClN2O. The summed E-state index contributed by atoms with van der Waals surface area (Å²) in [6, 6.07) is 27.1. The summed E-state index contributed by atoms with van der Waals surface area (Å²) in [6.45, 7) is 0.362. The first-order chi connectivity index (χ1) is 14.2. The largest absolute Gasteiger partial charge is 0.347 e. The van der Waals surface area contributed by atoms with Crippen molar-refractivity contribution >= 4 is 45.1 Å². The highest BCUT2D eigenvalue weighted by atomic mass is 35.5. The maximum Gasteiger partial charge on any atom is 0.262 e. The molecule has 29 heavy (non-hydrogen) atoms. The lowest BCUT2D eigenvalue weighted by atomic mass is 9.95. The summed E-state index contributed by atoms with van der Waals surface area (Å²) < 4.78 is 0. The first-order valence-electron chi connectivity index (χ1n) is 9.22. The van der Waals surface area contributed by atoms with Gasteiger partial charge >= 0.3 is 0 Å². The number of carbonyl (C=O) groups is 1. The molecule has 0 aliphatic carbocycles. The SMILES string of the molecule is N#C/C(=C/c1c2ccccc2c(Cl)c2ccccc12)C(=O)NCc1ccccc1. The van der Waals surface area contributed by atoms with Crippen LogP contribution in [0.1, 0.15) is 11.1 Å². The molecule has 0 spiro atoms. The number of amides is 1. The van der Waals surface area contributed by atoms with Gasteiger partial charge in [-0.1, -0.05) is 90.5 Å². The molecule has 0 aliphatic heterocycles. The first kappa shape index (κ1) is 18.7. The van der Waals surface area contributed by atoms with Crippen molar-refractivity contribution in [3.8, 4) is 6.07 Å². The van der Waals surface area contributed by atoms with Gasteiger partial charge in [-0.05, 0) is 28.0 Å². The molecule has 4 aromatic rings. The maximum atomic E-state index is 12.7. The molecule has 0 fully saturated rings. The van der Waals surface area contributed by atoms with Gasteiger partial charge in [-0.25, -0.2) is 0 Å². The minimum atomic E-state index is -0.403. The molecule has 0 bridgehead atoms. The van der Waals surface area contributed by atoms with Crippen LogP contribution in [0.4, 0.5) is 0 Å². The second-order valence-corrected chi connectivity index (χ2v) is 7.03. The summed E-state index contributed by atoms with van der Waals surface area (Å²) in [5, 5.41) is 16.7. The normalized spacial score (nSPS) is 11.4. The maximum absolute atomic E-state index is 12.7. The second-order valence-electron chi connectivity index (χ2n) is 6.66. The Morgan fingerprint density at radius 1 is 0.862 bits per heavy atom. The molecule has 0 saturated heterocycles. The average molecular weight is 397 g/mol. The van der Waals surface area contributed by atoms with Crippen molar-refractivity contribution in [2.75, 3.05) is 0 Å². The van der Waals surface area contributed by atoms with Gasteiger partial charge in [0.1, 0.15) is 11.6 Å². The van der Waals surface area contributed by atoms with E-state index in [1.54, 1.807) is 6.08 Å². The molecule has 4 heteroatoms. The molecule has 1 amide bonds. The van der Waals surface area contributed by atoms with Crippen molar-refractivity contribution in [1.82, 2.24) is 5.32 Å². The van der Waals surface area contributed by atoms with E-state index in [9.17, 15) is 10.1 Å². The van der Waals surface area contributed by atoms with Crippen molar-refractivity contribution in [3.05, 3.63) is 101 Å². The Morgan fingerprint density at radius 2 is 1.38 bits per heavy atom. The minimum Gasteiger partial charge on any atom is -0.347 e. The Kier molecular flexibility index (Phi) is 5.29. The number of hydrogen-bond donors (Lipinski definition) is 1. The number of fused-ring (bicyclic) bond motifs is 2. The van der Waals surface area contributed by atoms with Crippen LogP contribution in [0.15, 0.2) is 84.4 Å². The fraction of sp³-hybridized carbons (Fsp3) is 0.0400. The van der Waals surface area contributed by atoms with Gasteiger partial charge in [0.2, 0.25) is 0 Å². The number of hydrogen-bond acceptors (Lipinski definition) is 2. The topological polar surface area (TPSA) is 52.9 Å². The van der Waals surface area contributed by atoms with Gasteiger partial charge in [0.05, 0.1) is 5.02 Å². The van der Waals surface area contributed by atoms with Crippen LogP contribution < -0.4 is 5.32 Å². The Morgan fingerprint density at radius 3 is 1.93 bits per heavy atom. The number of nitrogens with one attached hydrogen (secondary N) is 1. The molecule has 4 rings (SSSR count). The van der Waals surface area contributed by atoms with Crippen LogP contribution in [-0.4, -0.2) is 5.91 Å². The van der Waals surface area contributed by atoms with E-state index in [2.05, 4.69) is 5.32 Å². The number of nitrogens with zero attached hydrogens (tertiary/aromatic N) is 1. The van der Waals surface area contributed by atoms with Crippen molar-refractivity contribution in [2.45, 2.75) is 6.54 Å². The number of rotatable bonds is 4. The molecule has 0 aliphatic rings. The summed E-state index contributed by atoms with van der Waals surface area (Å²) in [5.74, 6) is -0.403. The molecule has 0 aromatic heterocycles. The summed E-state index contributed by atoms with van der Waals surface area (Å²) >= 11 is 6.63. The lowest BCUT2D eigenvalue weighted by Gasteiger charge is -2.12. The van der Waals surface area contributed by atoms with Crippen LogP contribution >= 0.6 is 11.6 Å². The monoisotopic (exact) mass is 396 g/mol. The molecule has 0 radical (unpaired) electrons. The fourth-order valence-corrected chi connectivity index (χ4v) is 3.76. The molecule has 0 heterocycles. The Hall–Kier alpha value is -3.61. The summed E-state index contributed by atoms with van der Waals surface area (Å²) in [5.41, 5.74) is 1.84. The Balaban J connectivity index is 1.80. The third-order valence-electron chi connectivity index (χ3n) is 4.86. The number of halogens is 1. The van der Waals surface area contributed by atoms with Crippen LogP contribution in [0.25, 0.3) is 27.6 Å². The van der Waals surface area contributed by atoms with E-state index in [1.807, 2.05) is 84.9 Å². The van der Waals surface area contributed by atoms with Gasteiger partial charge in [0, 0.05) is 17.3 Å². The zero-order chi connectivity index (χ0) is 20.2. The van der Waals surface area contributed by atoms with E-state index in [0.29, 0.717) is 11.6 Å². The highest BCUT2D eigenvalue weighted by Gasteiger charge is 2.14. The van der Waals surface area contributed by atoms with Crippen molar-refractivity contribution in [1.29, 1.82) is 5.26 Å². The third kappa shape index (κ3) is 3.71. The molecule has 4 aromatic carbocycles. The van der Waals surface area contributed by atoms with Crippen LogP contribution in [-0.2, 0) is 11.3 Å². The summed E-state index contributed by atoms with van der Waals surface area (Å²) in [4.78, 5) is 12.7. The van der Waals surface area contributed by atoms with Crippen molar-refractivity contribution in [3.63, 3.8) is 0 Å². The highest BCUT2D eigenvalue weighted by Crippen LogP contribution is 2.37. The van der Waals surface area contributed by atoms with Crippen molar-refractivity contribution in [2.24, 2.45) is 0 Å². The lowest BCUT2D eigenvalue weighted by molar-refractivity contribution is -0.117. The van der Waals surface area contributed by atoms with Gasteiger partial charge in [-0.3, -0.25) is 4.79 Å². The highest BCUT2D eigenvalue weighted by molar-refractivity contribution is 6.41. The van der Waals surface area contributed by atoms with E-state index in [1.165, 1.54) is 0 Å².